The van der Waals surface area contributed by atoms with Gasteiger partial charge in [-0.3, -0.25) is 0 Å². The fraction of sp³-hybridized carbons (Fsp3) is 0.250. The van der Waals surface area contributed by atoms with Crippen LogP contribution in [0.15, 0.2) is 42.5 Å². The molecule has 0 radical (unpaired) electrons. The summed E-state index contributed by atoms with van der Waals surface area (Å²) in [5.41, 5.74) is 3.45. The lowest BCUT2D eigenvalue weighted by Gasteiger charge is -2.16. The lowest BCUT2D eigenvalue weighted by atomic mass is 10.0. The molecule has 2 aromatic heterocycles. The van der Waals surface area contributed by atoms with Crippen molar-refractivity contribution in [1.29, 1.82) is 0 Å². The molecule has 0 unspecified atom stereocenters. The van der Waals surface area contributed by atoms with Gasteiger partial charge in [0.2, 0.25) is 11.6 Å². The van der Waals surface area contributed by atoms with Crippen molar-refractivity contribution in [3.05, 3.63) is 48.0 Å². The minimum Gasteiger partial charge on any atom is -0.507 e. The highest BCUT2D eigenvalue weighted by Gasteiger charge is 2.30. The molecule has 2 N–H and O–H groups in total. The number of carboxylic acid groups (broad SMARTS) is 1. The third-order valence-corrected chi connectivity index (χ3v) is 6.93. The van der Waals surface area contributed by atoms with Gasteiger partial charge < -0.3 is 38.5 Å². The number of aromatic hydroxyl groups is 1. The van der Waals surface area contributed by atoms with Crippen molar-refractivity contribution in [2.45, 2.75) is 19.9 Å². The van der Waals surface area contributed by atoms with Gasteiger partial charge in [0.1, 0.15) is 22.5 Å². The van der Waals surface area contributed by atoms with Crippen molar-refractivity contribution in [3.8, 4) is 45.8 Å². The van der Waals surface area contributed by atoms with Crippen LogP contribution in [0, 0.1) is 0 Å². The van der Waals surface area contributed by atoms with E-state index in [1.54, 1.807) is 22.8 Å². The lowest BCUT2D eigenvalue weighted by molar-refractivity contribution is 0.141. The van der Waals surface area contributed by atoms with E-state index in [1.165, 1.54) is 27.4 Å². The van der Waals surface area contributed by atoms with Crippen LogP contribution in [0.2, 0.25) is 0 Å². The molecule has 11 nitrogen and oxygen atoms in total. The third-order valence-electron chi connectivity index (χ3n) is 6.37. The zero-order chi connectivity index (χ0) is 28.4. The van der Waals surface area contributed by atoms with Crippen LogP contribution >= 0.6 is 11.7 Å². The van der Waals surface area contributed by atoms with Crippen LogP contribution < -0.4 is 23.7 Å². The number of nitrogens with zero attached hydrogens (tertiary/aromatic N) is 3. The lowest BCUT2D eigenvalue weighted by Crippen LogP contribution is -2.10. The number of carbonyl (C=O) groups is 1. The maximum absolute atomic E-state index is 12.0. The second-order valence-electron chi connectivity index (χ2n) is 8.79. The number of phenolic OH excluding ortho intramolecular Hbond substituents is 1. The first kappa shape index (κ1) is 26.9. The van der Waals surface area contributed by atoms with Gasteiger partial charge in [0.25, 0.3) is 0 Å². The summed E-state index contributed by atoms with van der Waals surface area (Å²) in [5.74, 6) is 1.31. The molecule has 0 saturated carbocycles. The molecule has 0 fully saturated rings. The van der Waals surface area contributed by atoms with Gasteiger partial charge in [-0.25, -0.2) is 4.79 Å². The summed E-state index contributed by atoms with van der Waals surface area (Å²) in [4.78, 5) is 12.0. The molecule has 0 saturated heterocycles. The number of hydrogen-bond donors (Lipinski definition) is 2. The SMILES string of the molecule is CCCOc1c(OC)cc2c(c1OC)c(-c1ccc(OC)cc1O)c(OC(=O)O)n2Cc1ccc2nsnc2c1. The number of rotatable bonds is 10. The molecule has 0 aliphatic heterocycles. The van der Waals surface area contributed by atoms with E-state index in [1.807, 2.05) is 25.1 Å². The first-order chi connectivity index (χ1) is 19.4. The number of hydrogen-bond acceptors (Lipinski definition) is 10. The fourth-order valence-electron chi connectivity index (χ4n) is 4.65. The highest BCUT2D eigenvalue weighted by Crippen LogP contribution is 2.53. The van der Waals surface area contributed by atoms with Gasteiger partial charge in [0, 0.05) is 17.7 Å². The Balaban J connectivity index is 1.88. The van der Waals surface area contributed by atoms with Crippen LogP contribution in [0.4, 0.5) is 4.79 Å². The Morgan fingerprint density at radius 2 is 1.77 bits per heavy atom. The average molecular weight is 566 g/mol. The molecule has 40 heavy (non-hydrogen) atoms. The number of fused-ring (bicyclic) bond motifs is 2. The Kier molecular flexibility index (Phi) is 7.52. The molecule has 0 atom stereocenters. The molecule has 12 heteroatoms. The van der Waals surface area contributed by atoms with Crippen molar-refractivity contribution >= 4 is 39.8 Å². The molecule has 208 valence electrons. The van der Waals surface area contributed by atoms with Gasteiger partial charge in [0.05, 0.1) is 62.7 Å². The Bertz CT molecular complexity index is 1710. The van der Waals surface area contributed by atoms with E-state index < -0.39 is 6.16 Å². The summed E-state index contributed by atoms with van der Waals surface area (Å²) in [6.07, 6.45) is -0.787. The summed E-state index contributed by atoms with van der Waals surface area (Å²) >= 11 is 1.11. The van der Waals surface area contributed by atoms with E-state index in [4.69, 9.17) is 23.7 Å². The summed E-state index contributed by atoms with van der Waals surface area (Å²) in [6.45, 7) is 2.56. The van der Waals surface area contributed by atoms with Crippen LogP contribution in [0.1, 0.15) is 18.9 Å². The number of phenols is 1. The van der Waals surface area contributed by atoms with E-state index in [0.717, 1.165) is 34.7 Å². The predicted octanol–water partition coefficient (Wildman–Crippen LogP) is 5.94. The number of methoxy groups -OCH3 is 3. The fourth-order valence-corrected chi connectivity index (χ4v) is 5.17. The molecule has 5 rings (SSSR count). The molecular weight excluding hydrogens is 538 g/mol. The number of aromatic nitrogens is 3. The molecule has 0 bridgehead atoms. The summed E-state index contributed by atoms with van der Waals surface area (Å²) < 4.78 is 38.6. The van der Waals surface area contributed by atoms with Gasteiger partial charge in [-0.2, -0.15) is 8.75 Å². The minimum atomic E-state index is -1.52. The maximum Gasteiger partial charge on any atom is 0.512 e. The molecule has 0 aliphatic carbocycles. The Hall–Kier alpha value is -4.71. The van der Waals surface area contributed by atoms with Gasteiger partial charge in [0.15, 0.2) is 11.5 Å². The van der Waals surface area contributed by atoms with Gasteiger partial charge in [-0.1, -0.05) is 13.0 Å². The highest BCUT2D eigenvalue weighted by atomic mass is 32.1. The minimum absolute atomic E-state index is 0.0209. The van der Waals surface area contributed by atoms with Crippen molar-refractivity contribution < 1.29 is 38.7 Å². The molecule has 3 aromatic carbocycles. The molecule has 2 heterocycles. The quantitative estimate of drug-likeness (QED) is 0.196. The molecule has 0 aliphatic rings. The van der Waals surface area contributed by atoms with Gasteiger partial charge >= 0.3 is 6.16 Å². The Morgan fingerprint density at radius 3 is 2.45 bits per heavy atom. The summed E-state index contributed by atoms with van der Waals surface area (Å²) in [6, 6.07) is 12.1. The smallest absolute Gasteiger partial charge is 0.507 e. The maximum atomic E-state index is 12.0. The topological polar surface area (TPSA) is 134 Å². The van der Waals surface area contributed by atoms with Crippen LogP contribution in [-0.2, 0) is 6.54 Å². The van der Waals surface area contributed by atoms with Crippen molar-refractivity contribution in [2.75, 3.05) is 27.9 Å². The number of ether oxygens (including phenoxy) is 5. The Labute approximate surface area is 233 Å². The molecule has 0 amide bonds. The van der Waals surface area contributed by atoms with E-state index in [9.17, 15) is 15.0 Å². The van der Waals surface area contributed by atoms with Crippen molar-refractivity contribution in [2.24, 2.45) is 0 Å². The van der Waals surface area contributed by atoms with Crippen LogP contribution in [0.3, 0.4) is 0 Å². The van der Waals surface area contributed by atoms with Crippen molar-refractivity contribution in [1.82, 2.24) is 13.3 Å². The van der Waals surface area contributed by atoms with Gasteiger partial charge in [-0.15, -0.1) is 0 Å². The predicted molar refractivity (Wildman–Crippen MR) is 150 cm³/mol. The second kappa shape index (κ2) is 11.2. The first-order valence-corrected chi connectivity index (χ1v) is 13.1. The Morgan fingerprint density at radius 1 is 0.975 bits per heavy atom. The van der Waals surface area contributed by atoms with Crippen LogP contribution in [0.5, 0.6) is 34.6 Å². The zero-order valence-corrected chi connectivity index (χ0v) is 23.1. The molecular formula is C28H27N3O8S. The summed E-state index contributed by atoms with van der Waals surface area (Å²) in [5, 5.41) is 21.3. The normalized spacial score (nSPS) is 11.1. The molecule has 0 spiro atoms. The highest BCUT2D eigenvalue weighted by molar-refractivity contribution is 7.00. The van der Waals surface area contributed by atoms with E-state index in [2.05, 4.69) is 8.75 Å². The van der Waals surface area contributed by atoms with E-state index in [-0.39, 0.29) is 18.2 Å². The number of benzene rings is 3. The van der Waals surface area contributed by atoms with Crippen LogP contribution in [-0.4, -0.2) is 57.6 Å². The second-order valence-corrected chi connectivity index (χ2v) is 9.32. The standard InChI is InChI=1S/C28H27N3O8S/c1-5-10-38-25-22(36-3)13-20-24(26(25)37-4)23(17-8-7-16(35-2)12-21(17)32)27(39-28(33)34)31(20)14-15-6-9-18-19(11-15)30-40-29-18/h6-9,11-13,32H,5,10,14H2,1-4H3,(H,33,34). The average Bonchev–Trinajstić information content (AvgIpc) is 3.53. The monoisotopic (exact) mass is 565 g/mol. The third kappa shape index (κ3) is 4.77. The summed E-state index contributed by atoms with van der Waals surface area (Å²) in [7, 11) is 4.49. The van der Waals surface area contributed by atoms with Gasteiger partial charge in [-0.05, 0) is 36.2 Å². The van der Waals surface area contributed by atoms with Crippen LogP contribution in [0.25, 0.3) is 33.1 Å². The largest absolute Gasteiger partial charge is 0.512 e. The first-order valence-electron chi connectivity index (χ1n) is 12.3. The van der Waals surface area contributed by atoms with E-state index in [0.29, 0.717) is 51.6 Å². The zero-order valence-electron chi connectivity index (χ0n) is 22.3. The van der Waals surface area contributed by atoms with Crippen molar-refractivity contribution in [3.63, 3.8) is 0 Å². The van der Waals surface area contributed by atoms with E-state index >= 15 is 0 Å². The molecule has 5 aromatic rings.